The van der Waals surface area contributed by atoms with Crippen molar-refractivity contribution < 1.29 is 9.90 Å². The Morgan fingerprint density at radius 2 is 2.31 bits per heavy atom. The van der Waals surface area contributed by atoms with Gasteiger partial charge >= 0.3 is 5.97 Å². The van der Waals surface area contributed by atoms with Gasteiger partial charge in [0.1, 0.15) is 5.82 Å². The van der Waals surface area contributed by atoms with Crippen LogP contribution in [-0.4, -0.2) is 25.7 Å². The van der Waals surface area contributed by atoms with Gasteiger partial charge in [-0.1, -0.05) is 0 Å². The Labute approximate surface area is 92.7 Å². The number of pyridine rings is 1. The van der Waals surface area contributed by atoms with Gasteiger partial charge in [-0.25, -0.2) is 0 Å². The van der Waals surface area contributed by atoms with Gasteiger partial charge in [-0.05, 0) is 31.0 Å². The predicted octanol–water partition coefficient (Wildman–Crippen LogP) is 1.45. The van der Waals surface area contributed by atoms with Gasteiger partial charge in [-0.2, -0.15) is 0 Å². The van der Waals surface area contributed by atoms with E-state index in [9.17, 15) is 4.79 Å². The number of carbonyl (C=O) groups is 1. The summed E-state index contributed by atoms with van der Waals surface area (Å²) in [4.78, 5) is 10.4. The minimum atomic E-state index is -0.773. The first-order chi connectivity index (χ1) is 7.66. The highest BCUT2D eigenvalue weighted by atomic mass is 16.4. The lowest BCUT2D eigenvalue weighted by Crippen LogP contribution is -1.99. The molecule has 0 radical (unpaired) electrons. The van der Waals surface area contributed by atoms with Crippen LogP contribution < -0.4 is 0 Å². The summed E-state index contributed by atoms with van der Waals surface area (Å²) in [5.41, 5.74) is 1.95. The van der Waals surface area contributed by atoms with Crippen molar-refractivity contribution in [3.8, 4) is 0 Å². The summed E-state index contributed by atoms with van der Waals surface area (Å²) in [6.45, 7) is 2.00. The van der Waals surface area contributed by atoms with E-state index < -0.39 is 5.97 Å². The van der Waals surface area contributed by atoms with Gasteiger partial charge in [-0.15, -0.1) is 10.2 Å². The molecule has 2 rings (SSSR count). The Morgan fingerprint density at radius 1 is 1.50 bits per heavy atom. The van der Waals surface area contributed by atoms with E-state index in [0.29, 0.717) is 12.8 Å². The second kappa shape index (κ2) is 4.30. The molecule has 0 saturated carbocycles. The third kappa shape index (κ3) is 2.18. The number of carboxylic acids is 1. The van der Waals surface area contributed by atoms with Gasteiger partial charge in [0.2, 0.25) is 0 Å². The maximum absolute atomic E-state index is 10.4. The van der Waals surface area contributed by atoms with Crippen molar-refractivity contribution in [2.24, 2.45) is 0 Å². The van der Waals surface area contributed by atoms with E-state index in [2.05, 4.69) is 10.2 Å². The molecule has 2 heterocycles. The monoisotopic (exact) mass is 219 g/mol. The van der Waals surface area contributed by atoms with E-state index in [1.807, 2.05) is 29.7 Å². The van der Waals surface area contributed by atoms with E-state index >= 15 is 0 Å². The highest BCUT2D eigenvalue weighted by molar-refractivity contribution is 5.66. The summed E-state index contributed by atoms with van der Waals surface area (Å²) in [7, 11) is 0. The minimum Gasteiger partial charge on any atom is -0.481 e. The molecule has 0 aliphatic rings. The summed E-state index contributed by atoms with van der Waals surface area (Å²) in [5, 5.41) is 16.6. The van der Waals surface area contributed by atoms with E-state index in [0.717, 1.165) is 17.0 Å². The Balaban J connectivity index is 2.15. The Hall–Kier alpha value is -1.91. The second-order valence-electron chi connectivity index (χ2n) is 3.80. The number of aromatic nitrogens is 3. The number of fused-ring (bicyclic) bond motifs is 1. The van der Waals surface area contributed by atoms with Crippen LogP contribution in [0, 0.1) is 6.92 Å². The molecule has 0 atom stereocenters. The summed E-state index contributed by atoms with van der Waals surface area (Å²) < 4.78 is 1.90. The largest absolute Gasteiger partial charge is 0.481 e. The Bertz CT molecular complexity index is 519. The number of rotatable bonds is 4. The molecule has 0 saturated heterocycles. The summed E-state index contributed by atoms with van der Waals surface area (Å²) in [6, 6.07) is 3.94. The Morgan fingerprint density at radius 3 is 3.06 bits per heavy atom. The van der Waals surface area contributed by atoms with Crippen molar-refractivity contribution in [2.45, 2.75) is 26.2 Å². The van der Waals surface area contributed by atoms with Crippen LogP contribution in [-0.2, 0) is 11.2 Å². The predicted molar refractivity (Wildman–Crippen MR) is 58.3 cm³/mol. The first-order valence-corrected chi connectivity index (χ1v) is 5.19. The van der Waals surface area contributed by atoms with Gasteiger partial charge in [0.05, 0.1) is 0 Å². The van der Waals surface area contributed by atoms with Crippen LogP contribution in [0.3, 0.4) is 0 Å². The minimum absolute atomic E-state index is 0.167. The van der Waals surface area contributed by atoms with Crippen molar-refractivity contribution >= 4 is 11.6 Å². The molecular formula is C11H13N3O2. The highest BCUT2D eigenvalue weighted by Crippen LogP contribution is 2.08. The van der Waals surface area contributed by atoms with Crippen LogP contribution in [0.15, 0.2) is 18.3 Å². The number of carboxylic acid groups (broad SMARTS) is 1. The number of aliphatic carboxylic acids is 1. The lowest BCUT2D eigenvalue weighted by atomic mass is 10.2. The topological polar surface area (TPSA) is 67.5 Å². The third-order valence-corrected chi connectivity index (χ3v) is 2.43. The molecule has 0 aromatic carbocycles. The molecular weight excluding hydrogens is 206 g/mol. The zero-order valence-corrected chi connectivity index (χ0v) is 9.05. The Kier molecular flexibility index (Phi) is 2.85. The van der Waals surface area contributed by atoms with Gasteiger partial charge < -0.3 is 5.11 Å². The average Bonchev–Trinajstić information content (AvgIpc) is 2.60. The van der Waals surface area contributed by atoms with E-state index in [1.165, 1.54) is 0 Å². The van der Waals surface area contributed by atoms with Gasteiger partial charge in [0, 0.05) is 19.0 Å². The van der Waals surface area contributed by atoms with Crippen LogP contribution in [0.5, 0.6) is 0 Å². The molecule has 16 heavy (non-hydrogen) atoms. The SMILES string of the molecule is Cc1ccn2c(CCCC(=O)O)nnc2c1. The zero-order chi connectivity index (χ0) is 11.5. The van der Waals surface area contributed by atoms with Crippen LogP contribution in [0.4, 0.5) is 0 Å². The fourth-order valence-corrected chi connectivity index (χ4v) is 1.61. The third-order valence-electron chi connectivity index (χ3n) is 2.43. The number of hydrogen-bond acceptors (Lipinski definition) is 3. The molecule has 2 aromatic rings. The normalized spacial score (nSPS) is 10.8. The maximum Gasteiger partial charge on any atom is 0.303 e. The molecule has 0 spiro atoms. The van der Waals surface area contributed by atoms with Gasteiger partial charge in [0.25, 0.3) is 0 Å². The summed E-state index contributed by atoms with van der Waals surface area (Å²) >= 11 is 0. The average molecular weight is 219 g/mol. The van der Waals surface area contributed by atoms with Crippen LogP contribution >= 0.6 is 0 Å². The quantitative estimate of drug-likeness (QED) is 0.845. The van der Waals surface area contributed by atoms with Crippen LogP contribution in [0.2, 0.25) is 0 Å². The van der Waals surface area contributed by atoms with E-state index in [4.69, 9.17) is 5.11 Å². The summed E-state index contributed by atoms with van der Waals surface area (Å²) in [6.07, 6.45) is 3.31. The number of nitrogens with zero attached hydrogens (tertiary/aromatic N) is 3. The molecule has 5 heteroatoms. The molecule has 0 unspecified atom stereocenters. The lowest BCUT2D eigenvalue weighted by molar-refractivity contribution is -0.137. The highest BCUT2D eigenvalue weighted by Gasteiger charge is 2.06. The molecule has 2 aromatic heterocycles. The van der Waals surface area contributed by atoms with Crippen LogP contribution in [0.1, 0.15) is 24.2 Å². The molecule has 0 amide bonds. The molecule has 0 fully saturated rings. The van der Waals surface area contributed by atoms with Gasteiger partial charge in [0.15, 0.2) is 5.65 Å². The molecule has 84 valence electrons. The molecule has 0 aliphatic carbocycles. The van der Waals surface area contributed by atoms with Crippen molar-refractivity contribution in [3.63, 3.8) is 0 Å². The van der Waals surface area contributed by atoms with E-state index in [-0.39, 0.29) is 6.42 Å². The first-order valence-electron chi connectivity index (χ1n) is 5.19. The smallest absolute Gasteiger partial charge is 0.303 e. The standard InChI is InChI=1S/C11H13N3O2/c1-8-5-6-14-9(3-2-4-11(15)16)12-13-10(14)7-8/h5-7H,2-4H2,1H3,(H,15,16). The van der Waals surface area contributed by atoms with E-state index in [1.54, 1.807) is 0 Å². The van der Waals surface area contributed by atoms with Crippen molar-refractivity contribution in [3.05, 3.63) is 29.7 Å². The summed E-state index contributed by atoms with van der Waals surface area (Å²) in [5.74, 6) is 0.0425. The lowest BCUT2D eigenvalue weighted by Gasteiger charge is -1.99. The van der Waals surface area contributed by atoms with Crippen molar-refractivity contribution in [2.75, 3.05) is 0 Å². The number of hydrogen-bond donors (Lipinski definition) is 1. The molecule has 0 aliphatic heterocycles. The maximum atomic E-state index is 10.4. The van der Waals surface area contributed by atoms with Crippen molar-refractivity contribution in [1.29, 1.82) is 0 Å². The van der Waals surface area contributed by atoms with Crippen molar-refractivity contribution in [1.82, 2.24) is 14.6 Å². The first kappa shape index (κ1) is 10.6. The fraction of sp³-hybridized carbons (Fsp3) is 0.364. The van der Waals surface area contributed by atoms with Gasteiger partial charge in [-0.3, -0.25) is 9.20 Å². The second-order valence-corrected chi connectivity index (χ2v) is 3.80. The molecule has 0 bridgehead atoms. The zero-order valence-electron chi connectivity index (χ0n) is 9.05. The molecule has 5 nitrogen and oxygen atoms in total. The van der Waals surface area contributed by atoms with Crippen LogP contribution in [0.25, 0.3) is 5.65 Å². The molecule has 1 N–H and O–H groups in total. The number of aryl methyl sites for hydroxylation is 2. The fourth-order valence-electron chi connectivity index (χ4n) is 1.61.